The number of ether oxygens (including phenoxy) is 1. The van der Waals surface area contributed by atoms with Crippen molar-refractivity contribution in [3.63, 3.8) is 0 Å². The van der Waals surface area contributed by atoms with E-state index in [1.807, 2.05) is 53.6 Å². The summed E-state index contributed by atoms with van der Waals surface area (Å²) < 4.78 is 5.22. The van der Waals surface area contributed by atoms with E-state index < -0.39 is 5.66 Å². The van der Waals surface area contributed by atoms with Gasteiger partial charge in [-0.3, -0.25) is 4.99 Å². The molecule has 0 unspecified atom stereocenters. The summed E-state index contributed by atoms with van der Waals surface area (Å²) in [5.74, 6) is 0.708. The molecular formula is C22H23ClN4O2S. The number of amides is 2. The van der Waals surface area contributed by atoms with E-state index in [0.29, 0.717) is 42.4 Å². The molecule has 1 fully saturated rings. The number of carbonyl (C=O) groups is 1. The van der Waals surface area contributed by atoms with E-state index in [4.69, 9.17) is 26.3 Å². The minimum Gasteiger partial charge on any atom is -0.497 e. The van der Waals surface area contributed by atoms with E-state index in [1.54, 1.807) is 24.9 Å². The van der Waals surface area contributed by atoms with Gasteiger partial charge >= 0.3 is 6.03 Å². The lowest BCUT2D eigenvalue weighted by Crippen LogP contribution is -2.46. The van der Waals surface area contributed by atoms with Crippen LogP contribution < -0.4 is 10.1 Å². The smallest absolute Gasteiger partial charge is 0.321 e. The van der Waals surface area contributed by atoms with Crippen molar-refractivity contribution in [3.8, 4) is 5.75 Å². The van der Waals surface area contributed by atoms with Crippen molar-refractivity contribution in [1.29, 1.82) is 0 Å². The first-order chi connectivity index (χ1) is 14.5. The van der Waals surface area contributed by atoms with E-state index in [9.17, 15) is 4.79 Å². The monoisotopic (exact) mass is 442 g/mol. The van der Waals surface area contributed by atoms with Crippen LogP contribution in [0, 0.1) is 0 Å². The number of carbonyl (C=O) groups excluding carboxylic acids is 1. The van der Waals surface area contributed by atoms with E-state index >= 15 is 0 Å². The fourth-order valence-electron chi connectivity index (χ4n) is 3.66. The van der Waals surface area contributed by atoms with Crippen LogP contribution in [-0.4, -0.2) is 53.8 Å². The predicted octanol–water partition coefficient (Wildman–Crippen LogP) is 4.94. The summed E-state index contributed by atoms with van der Waals surface area (Å²) in [5.41, 5.74) is 2.15. The Balaban J connectivity index is 1.44. The van der Waals surface area contributed by atoms with Crippen LogP contribution in [0.25, 0.3) is 0 Å². The number of piperidine rings is 1. The molecule has 2 heterocycles. The van der Waals surface area contributed by atoms with Crippen molar-refractivity contribution in [2.75, 3.05) is 31.8 Å². The van der Waals surface area contributed by atoms with Crippen LogP contribution in [-0.2, 0) is 0 Å². The van der Waals surface area contributed by atoms with Gasteiger partial charge in [0.2, 0.25) is 0 Å². The SMILES string of the molecule is COc1cccc(NC(=O)N2CCC3(CC2)N=C(SC)C(c2ccc(Cl)cc2)=N3)c1. The Morgan fingerprint density at radius 2 is 1.90 bits per heavy atom. The average molecular weight is 443 g/mol. The van der Waals surface area contributed by atoms with Crippen molar-refractivity contribution < 1.29 is 9.53 Å². The predicted molar refractivity (Wildman–Crippen MR) is 124 cm³/mol. The first-order valence-corrected chi connectivity index (χ1v) is 11.3. The molecule has 2 aliphatic rings. The molecule has 1 spiro atoms. The second kappa shape index (κ2) is 8.70. The number of halogens is 1. The molecule has 0 aliphatic carbocycles. The molecule has 1 saturated heterocycles. The fraction of sp³-hybridized carbons (Fsp3) is 0.318. The molecule has 30 heavy (non-hydrogen) atoms. The number of hydrogen-bond donors (Lipinski definition) is 1. The van der Waals surface area contributed by atoms with Crippen LogP contribution in [0.2, 0.25) is 5.02 Å². The summed E-state index contributed by atoms with van der Waals surface area (Å²) in [6, 6.07) is 14.9. The molecule has 1 N–H and O–H groups in total. The molecule has 2 aromatic carbocycles. The van der Waals surface area contributed by atoms with Crippen LogP contribution in [0.5, 0.6) is 5.75 Å². The molecule has 6 nitrogen and oxygen atoms in total. The number of benzene rings is 2. The summed E-state index contributed by atoms with van der Waals surface area (Å²) in [4.78, 5) is 24.5. The van der Waals surface area contributed by atoms with Gasteiger partial charge < -0.3 is 15.0 Å². The van der Waals surface area contributed by atoms with Crippen LogP contribution in [0.4, 0.5) is 10.5 Å². The van der Waals surface area contributed by atoms with Gasteiger partial charge in [0.25, 0.3) is 0 Å². The topological polar surface area (TPSA) is 66.3 Å². The van der Waals surface area contributed by atoms with E-state index in [1.165, 1.54) is 0 Å². The lowest BCUT2D eigenvalue weighted by atomic mass is 9.98. The molecule has 2 aliphatic heterocycles. The molecule has 4 rings (SSSR count). The number of nitrogens with zero attached hydrogens (tertiary/aromatic N) is 3. The minimum absolute atomic E-state index is 0.118. The standard InChI is InChI=1S/C22H23ClN4O2S/c1-29-18-5-3-4-17(14-18)24-21(28)27-12-10-22(11-13-27)25-19(20(26-22)30-2)15-6-8-16(23)9-7-15/h3-9,14H,10-13H2,1-2H3,(H,24,28). The first kappa shape index (κ1) is 20.8. The van der Waals surface area contributed by atoms with Crippen LogP contribution in [0.1, 0.15) is 18.4 Å². The zero-order chi connectivity index (χ0) is 21.1. The minimum atomic E-state index is -0.486. The van der Waals surface area contributed by atoms with Gasteiger partial charge in [-0.1, -0.05) is 29.8 Å². The van der Waals surface area contributed by atoms with Gasteiger partial charge in [-0.15, -0.1) is 11.8 Å². The lowest BCUT2D eigenvalue weighted by molar-refractivity contribution is 0.175. The molecule has 0 aromatic heterocycles. The molecule has 2 aromatic rings. The van der Waals surface area contributed by atoms with Gasteiger partial charge in [0.05, 0.1) is 12.8 Å². The maximum Gasteiger partial charge on any atom is 0.321 e. The number of nitrogens with one attached hydrogen (secondary N) is 1. The normalized spacial score (nSPS) is 17.5. The van der Waals surface area contributed by atoms with Gasteiger partial charge in [0.1, 0.15) is 10.8 Å². The molecule has 156 valence electrons. The van der Waals surface area contributed by atoms with Crippen molar-refractivity contribution in [2.45, 2.75) is 18.5 Å². The number of aliphatic imine (C=N–C) groups is 2. The van der Waals surface area contributed by atoms with Gasteiger partial charge in [0.15, 0.2) is 5.66 Å². The highest BCUT2D eigenvalue weighted by Crippen LogP contribution is 2.35. The number of urea groups is 1. The zero-order valence-corrected chi connectivity index (χ0v) is 18.5. The summed E-state index contributed by atoms with van der Waals surface area (Å²) in [6.45, 7) is 1.19. The Morgan fingerprint density at radius 1 is 1.17 bits per heavy atom. The van der Waals surface area contributed by atoms with Crippen LogP contribution in [0.15, 0.2) is 58.5 Å². The van der Waals surface area contributed by atoms with Gasteiger partial charge in [0, 0.05) is 48.3 Å². The second-order valence-electron chi connectivity index (χ2n) is 7.22. The number of methoxy groups -OCH3 is 1. The molecule has 0 atom stereocenters. The Morgan fingerprint density at radius 3 is 2.57 bits per heavy atom. The number of anilines is 1. The molecule has 0 saturated carbocycles. The summed E-state index contributed by atoms with van der Waals surface area (Å²) >= 11 is 7.63. The first-order valence-electron chi connectivity index (χ1n) is 9.72. The van der Waals surface area contributed by atoms with E-state index in [-0.39, 0.29) is 6.03 Å². The Hall–Kier alpha value is -2.51. The number of rotatable bonds is 3. The lowest BCUT2D eigenvalue weighted by Gasteiger charge is -2.35. The highest BCUT2D eigenvalue weighted by molar-refractivity contribution is 8.15. The fourth-order valence-corrected chi connectivity index (χ4v) is 4.40. The van der Waals surface area contributed by atoms with Gasteiger partial charge in [-0.2, -0.15) is 0 Å². The molecule has 8 heteroatoms. The van der Waals surface area contributed by atoms with Gasteiger partial charge in [-0.25, -0.2) is 9.79 Å². The molecular weight excluding hydrogens is 420 g/mol. The van der Waals surface area contributed by atoms with Crippen LogP contribution in [0.3, 0.4) is 0 Å². The number of hydrogen-bond acceptors (Lipinski definition) is 5. The summed E-state index contributed by atoms with van der Waals surface area (Å²) in [6.07, 6.45) is 3.40. The largest absolute Gasteiger partial charge is 0.497 e. The highest BCUT2D eigenvalue weighted by Gasteiger charge is 2.40. The third-order valence-electron chi connectivity index (χ3n) is 5.32. The third kappa shape index (κ3) is 4.32. The molecule has 0 bridgehead atoms. The van der Waals surface area contributed by atoms with Crippen molar-refractivity contribution in [3.05, 3.63) is 59.1 Å². The third-order valence-corrected chi connectivity index (χ3v) is 6.24. The van der Waals surface area contributed by atoms with Gasteiger partial charge in [-0.05, 0) is 30.5 Å². The second-order valence-corrected chi connectivity index (χ2v) is 8.45. The molecule has 0 radical (unpaired) electrons. The quantitative estimate of drug-likeness (QED) is 0.732. The summed E-state index contributed by atoms with van der Waals surface area (Å²) in [5, 5.41) is 4.58. The molecule has 2 amide bonds. The zero-order valence-electron chi connectivity index (χ0n) is 16.9. The summed E-state index contributed by atoms with van der Waals surface area (Å²) in [7, 11) is 1.61. The Labute approximate surface area is 185 Å². The highest BCUT2D eigenvalue weighted by atomic mass is 35.5. The van der Waals surface area contributed by atoms with Crippen molar-refractivity contribution in [1.82, 2.24) is 4.90 Å². The van der Waals surface area contributed by atoms with E-state index in [2.05, 4.69) is 5.32 Å². The Kier molecular flexibility index (Phi) is 6.01. The van der Waals surface area contributed by atoms with Crippen molar-refractivity contribution in [2.24, 2.45) is 9.98 Å². The van der Waals surface area contributed by atoms with Crippen molar-refractivity contribution >= 4 is 45.8 Å². The van der Waals surface area contributed by atoms with Crippen LogP contribution >= 0.6 is 23.4 Å². The maximum absolute atomic E-state index is 12.7. The number of likely N-dealkylation sites (tertiary alicyclic amines) is 1. The van der Waals surface area contributed by atoms with E-state index in [0.717, 1.165) is 16.3 Å². The maximum atomic E-state index is 12.7. The average Bonchev–Trinajstić information content (AvgIpc) is 3.13. The number of thioether (sulfide) groups is 1. The Bertz CT molecular complexity index is 998.